The number of benzene rings is 1. The van der Waals surface area contributed by atoms with Crippen LogP contribution in [0.3, 0.4) is 0 Å². The van der Waals surface area contributed by atoms with Crippen molar-refractivity contribution >= 4 is 35.5 Å². The number of carbonyl (C=O) groups excluding carboxylic acids is 5. The summed E-state index contributed by atoms with van der Waals surface area (Å²) in [5.74, 6) is -3.38. The zero-order valence-corrected chi connectivity index (χ0v) is 29.3. The molecule has 3 amide bonds. The molecule has 51 heavy (non-hydrogen) atoms. The van der Waals surface area contributed by atoms with E-state index in [2.05, 4.69) is 16.0 Å². The average Bonchev–Trinajstić information content (AvgIpc) is 3.58. The quantitative estimate of drug-likeness (QED) is 0.0946. The molecule has 1 aromatic carbocycles. The van der Waals surface area contributed by atoms with Gasteiger partial charge >= 0.3 is 18.0 Å². The van der Waals surface area contributed by atoms with E-state index in [0.717, 1.165) is 25.7 Å². The van der Waals surface area contributed by atoms with Gasteiger partial charge in [0.25, 0.3) is 0 Å². The summed E-state index contributed by atoms with van der Waals surface area (Å²) in [5, 5.41) is 18.5. The number of nitrogens with one attached hydrogen (secondary N) is 3. The smallest absolute Gasteiger partial charge is 0.412 e. The van der Waals surface area contributed by atoms with Crippen molar-refractivity contribution in [3.05, 3.63) is 30.4 Å². The topological polar surface area (TPSA) is 206 Å². The van der Waals surface area contributed by atoms with Crippen molar-refractivity contribution in [2.24, 2.45) is 11.8 Å². The molecule has 1 saturated heterocycles. The third-order valence-corrected chi connectivity index (χ3v) is 8.61. The van der Waals surface area contributed by atoms with E-state index in [1.165, 1.54) is 13.2 Å². The van der Waals surface area contributed by atoms with Gasteiger partial charge in [-0.2, -0.15) is 0 Å². The van der Waals surface area contributed by atoms with Gasteiger partial charge in [-0.1, -0.05) is 38.8 Å². The first-order valence-electron chi connectivity index (χ1n) is 17.4. The second-order valence-corrected chi connectivity index (χ2v) is 12.5. The summed E-state index contributed by atoms with van der Waals surface area (Å²) in [6.45, 7) is 4.19. The summed E-state index contributed by atoms with van der Waals surface area (Å²) in [4.78, 5) is 66.5. The third kappa shape index (κ3) is 11.3. The number of aliphatic hydroxyl groups excluding tert-OH is 1. The molecular weight excluding hydrogens is 670 g/mol. The molecule has 0 aromatic heterocycles. The number of allylic oxidation sites excluding steroid dienone is 2. The second kappa shape index (κ2) is 19.8. The van der Waals surface area contributed by atoms with Crippen LogP contribution in [0.2, 0.25) is 0 Å². The molecule has 0 saturated carbocycles. The van der Waals surface area contributed by atoms with Gasteiger partial charge in [-0.3, -0.25) is 24.5 Å². The molecule has 16 heteroatoms. The van der Waals surface area contributed by atoms with E-state index in [0.29, 0.717) is 24.6 Å². The molecule has 0 bridgehead atoms. The first-order valence-corrected chi connectivity index (χ1v) is 17.4. The lowest BCUT2D eigenvalue weighted by molar-refractivity contribution is -0.300. The molecule has 0 aliphatic carbocycles. The van der Waals surface area contributed by atoms with E-state index in [1.54, 1.807) is 24.3 Å². The van der Waals surface area contributed by atoms with Gasteiger partial charge < -0.3 is 48.9 Å². The Bertz CT molecular complexity index is 1390. The number of rotatable bonds is 14. The lowest BCUT2D eigenvalue weighted by Gasteiger charge is -2.44. The number of methoxy groups -OCH3 is 1. The summed E-state index contributed by atoms with van der Waals surface area (Å²) in [5.41, 5.74) is 0.288. The number of aliphatic hydroxyl groups is 1. The summed E-state index contributed by atoms with van der Waals surface area (Å²) in [6.07, 6.45) is -1.92. The van der Waals surface area contributed by atoms with Crippen molar-refractivity contribution in [2.45, 2.75) is 95.9 Å². The number of anilines is 1. The molecule has 4 N–H and O–H groups in total. The normalized spacial score (nSPS) is 26.0. The molecule has 3 aliphatic heterocycles. The van der Waals surface area contributed by atoms with Crippen LogP contribution in [0, 0.1) is 11.8 Å². The Kier molecular flexibility index (Phi) is 15.3. The summed E-state index contributed by atoms with van der Waals surface area (Å²) in [7, 11) is 1.26. The Morgan fingerprint density at radius 1 is 0.863 bits per heavy atom. The Morgan fingerprint density at radius 2 is 1.45 bits per heavy atom. The van der Waals surface area contributed by atoms with Crippen LogP contribution >= 0.6 is 0 Å². The van der Waals surface area contributed by atoms with Crippen molar-refractivity contribution in [3.63, 3.8) is 0 Å². The zero-order valence-electron chi connectivity index (χ0n) is 29.3. The standard InChI is InChI=1S/C35H49N3O13/c1-4-6-14-36-27(40)16-21-10-8-9-11-22(17-28(41)37-15-7-5-2)33(43)50-31-30(49-32(21)42)29(26(19-39)48-34(31)45-3)51-35(44)38-23-12-13-24-25(18-23)47-20-46-24/h8-9,12-13,18,21-22,26,29-31,34,39H,4-7,10-11,14-17,19-20H2,1-3H3,(H,36,40)(H,37,41)(H,38,44)/t21-,22-,26-,29+,30+,31-,34+/m1/s1. The molecule has 3 heterocycles. The highest BCUT2D eigenvalue weighted by Crippen LogP contribution is 2.35. The molecule has 0 radical (unpaired) electrons. The van der Waals surface area contributed by atoms with E-state index in [9.17, 15) is 29.1 Å². The van der Waals surface area contributed by atoms with Crippen LogP contribution < -0.4 is 25.4 Å². The highest BCUT2D eigenvalue weighted by atomic mass is 16.7. The molecule has 282 valence electrons. The minimum atomic E-state index is -1.56. The van der Waals surface area contributed by atoms with Crippen LogP contribution in [0.1, 0.15) is 65.2 Å². The molecular formula is C35H49N3O13. The van der Waals surface area contributed by atoms with Crippen LogP contribution in [0.4, 0.5) is 10.5 Å². The van der Waals surface area contributed by atoms with Crippen LogP contribution in [-0.2, 0) is 42.9 Å². The molecule has 0 unspecified atom stereocenters. The number of ether oxygens (including phenoxy) is 7. The monoisotopic (exact) mass is 719 g/mol. The van der Waals surface area contributed by atoms with Crippen LogP contribution in [0.25, 0.3) is 0 Å². The van der Waals surface area contributed by atoms with Gasteiger partial charge in [0.1, 0.15) is 6.10 Å². The third-order valence-electron chi connectivity index (χ3n) is 8.61. The summed E-state index contributed by atoms with van der Waals surface area (Å²) >= 11 is 0. The Balaban J connectivity index is 1.64. The lowest BCUT2D eigenvalue weighted by Crippen LogP contribution is -2.63. The van der Waals surface area contributed by atoms with Gasteiger partial charge in [-0.15, -0.1) is 0 Å². The van der Waals surface area contributed by atoms with Crippen LogP contribution in [-0.4, -0.2) is 99.3 Å². The molecule has 1 fully saturated rings. The molecule has 1 aromatic rings. The first kappa shape index (κ1) is 39.4. The maximum Gasteiger partial charge on any atom is 0.412 e. The Labute approximate surface area is 296 Å². The fraction of sp³-hybridized carbons (Fsp3) is 0.629. The number of carbonyl (C=O) groups is 5. The van der Waals surface area contributed by atoms with Crippen molar-refractivity contribution in [3.8, 4) is 11.5 Å². The lowest BCUT2D eigenvalue weighted by atomic mass is 9.94. The SMILES string of the molecule is CCCCNC(=O)C[C@H]1CC=CC[C@H](CC(=O)NCCCC)C(=O)O[C@H]2[C@@H](OC)O[C@H](CO)[C@H](OC(=O)Nc3ccc4c(c3)OCO4)[C@@H]2OC1=O. The first-order chi connectivity index (χ1) is 24.7. The summed E-state index contributed by atoms with van der Waals surface area (Å²) < 4.78 is 39.6. The minimum absolute atomic E-state index is 0.0240. The largest absolute Gasteiger partial charge is 0.454 e. The van der Waals surface area contributed by atoms with Crippen molar-refractivity contribution in [1.29, 1.82) is 0 Å². The fourth-order valence-corrected chi connectivity index (χ4v) is 5.77. The van der Waals surface area contributed by atoms with E-state index < -0.39 is 67.2 Å². The number of hydrogen-bond acceptors (Lipinski definition) is 13. The molecule has 7 atom stereocenters. The van der Waals surface area contributed by atoms with Gasteiger partial charge in [0, 0.05) is 44.8 Å². The minimum Gasteiger partial charge on any atom is -0.454 e. The Morgan fingerprint density at radius 3 is 2.02 bits per heavy atom. The Hall–Kier alpha value is -4.41. The number of esters is 2. The van der Waals surface area contributed by atoms with Crippen LogP contribution in [0.5, 0.6) is 11.5 Å². The highest BCUT2D eigenvalue weighted by Gasteiger charge is 2.53. The van der Waals surface area contributed by atoms with Gasteiger partial charge in [-0.25, -0.2) is 4.79 Å². The molecule has 0 spiro atoms. The van der Waals surface area contributed by atoms with Crippen LogP contribution in [0.15, 0.2) is 30.4 Å². The second-order valence-electron chi connectivity index (χ2n) is 12.5. The predicted octanol–water partition coefficient (Wildman–Crippen LogP) is 2.71. The highest BCUT2D eigenvalue weighted by molar-refractivity contribution is 5.86. The zero-order chi connectivity index (χ0) is 36.8. The molecule has 3 aliphatic rings. The maximum absolute atomic E-state index is 13.8. The number of hydrogen-bond donors (Lipinski definition) is 4. The van der Waals surface area contributed by atoms with Gasteiger partial charge in [0.05, 0.1) is 18.4 Å². The predicted molar refractivity (Wildman–Crippen MR) is 179 cm³/mol. The van der Waals surface area contributed by atoms with E-state index >= 15 is 0 Å². The van der Waals surface area contributed by atoms with Crippen molar-refractivity contribution in [2.75, 3.05) is 38.9 Å². The van der Waals surface area contributed by atoms with E-state index in [1.807, 2.05) is 13.8 Å². The summed E-state index contributed by atoms with van der Waals surface area (Å²) in [6, 6.07) is 4.67. The van der Waals surface area contributed by atoms with Gasteiger partial charge in [0.15, 0.2) is 36.1 Å². The average molecular weight is 720 g/mol. The van der Waals surface area contributed by atoms with E-state index in [-0.39, 0.29) is 50.0 Å². The maximum atomic E-state index is 13.8. The fourth-order valence-electron chi connectivity index (χ4n) is 5.77. The van der Waals surface area contributed by atoms with Gasteiger partial charge in [0.2, 0.25) is 18.6 Å². The number of unbranched alkanes of at least 4 members (excludes halogenated alkanes) is 2. The van der Waals surface area contributed by atoms with Crippen molar-refractivity contribution < 1.29 is 62.2 Å². The van der Waals surface area contributed by atoms with Gasteiger partial charge in [-0.05, 0) is 37.8 Å². The van der Waals surface area contributed by atoms with Crippen molar-refractivity contribution in [1.82, 2.24) is 10.6 Å². The number of amides is 3. The van der Waals surface area contributed by atoms with E-state index in [4.69, 9.17) is 33.2 Å². The molecule has 4 rings (SSSR count). The molecule has 16 nitrogen and oxygen atoms in total. The number of fused-ring (bicyclic) bond motifs is 2.